The van der Waals surface area contributed by atoms with Gasteiger partial charge in [0.15, 0.2) is 0 Å². The first-order valence-corrected chi connectivity index (χ1v) is 7.41. The number of carboxylic acids is 1. The van der Waals surface area contributed by atoms with Crippen molar-refractivity contribution in [1.82, 2.24) is 4.98 Å². The summed E-state index contributed by atoms with van der Waals surface area (Å²) in [5, 5.41) is 9.16. The largest absolute Gasteiger partial charge is 0.478 e. The van der Waals surface area contributed by atoms with Gasteiger partial charge in [-0.05, 0) is 24.1 Å². The number of nitrogens with zero attached hydrogens (tertiary/aromatic N) is 1. The van der Waals surface area contributed by atoms with E-state index in [0.29, 0.717) is 18.9 Å². The van der Waals surface area contributed by atoms with Crippen molar-refractivity contribution in [2.24, 2.45) is 0 Å². The molecule has 3 N–H and O–H groups in total. The number of rotatable bonds is 5. The molecule has 0 saturated carbocycles. The molecule has 1 fully saturated rings. The molecule has 2 aromatic rings. The number of pyridine rings is 1. The van der Waals surface area contributed by atoms with Gasteiger partial charge in [0.05, 0.1) is 36.3 Å². The molecule has 0 bridgehead atoms. The lowest BCUT2D eigenvalue weighted by atomic mass is 10.0. The van der Waals surface area contributed by atoms with Gasteiger partial charge in [0.2, 0.25) is 0 Å². The highest BCUT2D eigenvalue weighted by molar-refractivity contribution is 5.97. The highest BCUT2D eigenvalue weighted by Crippen LogP contribution is 2.27. The summed E-state index contributed by atoms with van der Waals surface area (Å²) in [6, 6.07) is 9.01. The van der Waals surface area contributed by atoms with Crippen LogP contribution in [0.25, 0.3) is 11.3 Å². The fourth-order valence-electron chi connectivity index (χ4n) is 2.56. The topological polar surface area (TPSA) is 94.7 Å². The van der Waals surface area contributed by atoms with Crippen molar-refractivity contribution in [1.29, 1.82) is 0 Å². The summed E-state index contributed by atoms with van der Waals surface area (Å²) in [4.78, 5) is 15.4. The number of benzene rings is 1. The number of nitrogen functional groups attached to an aromatic ring is 1. The molecule has 1 saturated heterocycles. The van der Waals surface area contributed by atoms with Crippen LogP contribution in [0.4, 0.5) is 5.69 Å². The minimum atomic E-state index is -1.06. The number of carbonyl (C=O) groups is 1. The normalized spacial score (nSPS) is 17.3. The average Bonchev–Trinajstić information content (AvgIpc) is 3.06. The lowest BCUT2D eigenvalue weighted by Crippen LogP contribution is -2.11. The Hall–Kier alpha value is -2.44. The highest BCUT2D eigenvalue weighted by Gasteiger charge is 2.17. The van der Waals surface area contributed by atoms with Gasteiger partial charge in [-0.3, -0.25) is 4.98 Å². The third-order valence-corrected chi connectivity index (χ3v) is 3.79. The summed E-state index contributed by atoms with van der Waals surface area (Å²) in [6.07, 6.45) is 2.50. The van der Waals surface area contributed by atoms with Gasteiger partial charge < -0.3 is 20.3 Å². The molecular weight excluding hydrogens is 296 g/mol. The Morgan fingerprint density at radius 2 is 2.30 bits per heavy atom. The van der Waals surface area contributed by atoms with Crippen molar-refractivity contribution in [3.63, 3.8) is 0 Å². The molecule has 1 aliphatic rings. The van der Waals surface area contributed by atoms with E-state index in [1.165, 1.54) is 12.3 Å². The van der Waals surface area contributed by atoms with E-state index in [2.05, 4.69) is 4.98 Å². The van der Waals surface area contributed by atoms with Crippen LogP contribution >= 0.6 is 0 Å². The van der Waals surface area contributed by atoms with Crippen molar-refractivity contribution in [3.05, 3.63) is 47.7 Å². The molecule has 0 amide bonds. The van der Waals surface area contributed by atoms with E-state index in [1.807, 2.05) is 24.3 Å². The Labute approximate surface area is 133 Å². The lowest BCUT2D eigenvalue weighted by Gasteiger charge is -2.12. The summed E-state index contributed by atoms with van der Waals surface area (Å²) in [5.41, 5.74) is 8.40. The second-order valence-electron chi connectivity index (χ2n) is 5.42. The van der Waals surface area contributed by atoms with Gasteiger partial charge in [0.25, 0.3) is 0 Å². The standard InChI is InChI=1S/C17H18N2O4/c18-15-14(17(20)21)4-6-19-16(15)12-3-1-2-11(8-12)9-23-13-5-7-22-10-13/h1-4,6,8,13H,5,7,9-10,18H2,(H,20,21). The maximum absolute atomic E-state index is 11.2. The molecule has 0 spiro atoms. The maximum atomic E-state index is 11.2. The Bertz CT molecular complexity index is 711. The van der Waals surface area contributed by atoms with E-state index >= 15 is 0 Å². The van der Waals surface area contributed by atoms with Gasteiger partial charge in [0.1, 0.15) is 0 Å². The second kappa shape index (κ2) is 6.76. The summed E-state index contributed by atoms with van der Waals surface area (Å²) in [7, 11) is 0. The third-order valence-electron chi connectivity index (χ3n) is 3.79. The Kier molecular flexibility index (Phi) is 4.55. The van der Waals surface area contributed by atoms with Gasteiger partial charge in [-0.2, -0.15) is 0 Å². The van der Waals surface area contributed by atoms with Crippen LogP contribution in [0.5, 0.6) is 0 Å². The van der Waals surface area contributed by atoms with Crippen molar-refractivity contribution in [2.75, 3.05) is 18.9 Å². The third kappa shape index (κ3) is 3.49. The molecule has 1 atom stereocenters. The molecule has 2 heterocycles. The molecule has 1 aliphatic heterocycles. The zero-order valence-electron chi connectivity index (χ0n) is 12.6. The summed E-state index contributed by atoms with van der Waals surface area (Å²) in [6.45, 7) is 1.85. The quantitative estimate of drug-likeness (QED) is 0.879. The summed E-state index contributed by atoms with van der Waals surface area (Å²) < 4.78 is 11.1. The lowest BCUT2D eigenvalue weighted by molar-refractivity contribution is 0.0318. The number of carboxylic acid groups (broad SMARTS) is 1. The molecule has 0 aliphatic carbocycles. The van der Waals surface area contributed by atoms with Crippen molar-refractivity contribution in [2.45, 2.75) is 19.1 Å². The number of aromatic carboxylic acids is 1. The van der Waals surface area contributed by atoms with Crippen LogP contribution in [0.2, 0.25) is 0 Å². The fraction of sp³-hybridized carbons (Fsp3) is 0.294. The van der Waals surface area contributed by atoms with Gasteiger partial charge in [0, 0.05) is 18.4 Å². The van der Waals surface area contributed by atoms with Crippen LogP contribution in [0, 0.1) is 0 Å². The Morgan fingerprint density at radius 1 is 1.43 bits per heavy atom. The number of nitrogens with two attached hydrogens (primary N) is 1. The van der Waals surface area contributed by atoms with Crippen LogP contribution in [-0.4, -0.2) is 35.4 Å². The van der Waals surface area contributed by atoms with E-state index in [9.17, 15) is 4.79 Å². The van der Waals surface area contributed by atoms with E-state index in [-0.39, 0.29) is 17.4 Å². The fourth-order valence-corrected chi connectivity index (χ4v) is 2.56. The number of aromatic nitrogens is 1. The first-order chi connectivity index (χ1) is 11.1. The van der Waals surface area contributed by atoms with Crippen molar-refractivity contribution >= 4 is 11.7 Å². The van der Waals surface area contributed by atoms with Crippen LogP contribution in [0.3, 0.4) is 0 Å². The number of anilines is 1. The molecule has 23 heavy (non-hydrogen) atoms. The zero-order chi connectivity index (χ0) is 16.2. The first kappa shape index (κ1) is 15.5. The molecule has 6 nitrogen and oxygen atoms in total. The van der Waals surface area contributed by atoms with Crippen LogP contribution in [0.15, 0.2) is 36.5 Å². The smallest absolute Gasteiger partial charge is 0.337 e. The Morgan fingerprint density at radius 3 is 3.04 bits per heavy atom. The second-order valence-corrected chi connectivity index (χ2v) is 5.42. The molecule has 0 radical (unpaired) electrons. The van der Waals surface area contributed by atoms with Crippen molar-refractivity contribution in [3.8, 4) is 11.3 Å². The predicted molar refractivity (Wildman–Crippen MR) is 85.1 cm³/mol. The van der Waals surface area contributed by atoms with E-state index in [0.717, 1.165) is 24.2 Å². The van der Waals surface area contributed by atoms with Gasteiger partial charge in [-0.1, -0.05) is 18.2 Å². The van der Waals surface area contributed by atoms with Crippen LogP contribution in [0.1, 0.15) is 22.3 Å². The minimum Gasteiger partial charge on any atom is -0.478 e. The molecular formula is C17H18N2O4. The minimum absolute atomic E-state index is 0.0553. The summed E-state index contributed by atoms with van der Waals surface area (Å²) >= 11 is 0. The van der Waals surface area contributed by atoms with Gasteiger partial charge in [-0.15, -0.1) is 0 Å². The molecule has 120 valence electrons. The predicted octanol–water partition coefficient (Wildman–Crippen LogP) is 2.33. The van der Waals surface area contributed by atoms with Crippen LogP contribution in [-0.2, 0) is 16.1 Å². The molecule has 1 aromatic carbocycles. The first-order valence-electron chi connectivity index (χ1n) is 7.41. The zero-order valence-corrected chi connectivity index (χ0v) is 12.6. The van der Waals surface area contributed by atoms with Gasteiger partial charge >= 0.3 is 5.97 Å². The Balaban J connectivity index is 1.82. The van der Waals surface area contributed by atoms with E-state index < -0.39 is 5.97 Å². The molecule has 1 unspecified atom stereocenters. The number of hydrogen-bond donors (Lipinski definition) is 2. The molecule has 3 rings (SSSR count). The van der Waals surface area contributed by atoms with E-state index in [4.69, 9.17) is 20.3 Å². The maximum Gasteiger partial charge on any atom is 0.337 e. The highest BCUT2D eigenvalue weighted by atomic mass is 16.5. The molecule has 6 heteroatoms. The average molecular weight is 314 g/mol. The van der Waals surface area contributed by atoms with Crippen molar-refractivity contribution < 1.29 is 19.4 Å². The number of hydrogen-bond acceptors (Lipinski definition) is 5. The number of ether oxygens (including phenoxy) is 2. The SMILES string of the molecule is Nc1c(C(=O)O)ccnc1-c1cccc(COC2CCOC2)c1. The van der Waals surface area contributed by atoms with Crippen LogP contribution < -0.4 is 5.73 Å². The molecule has 1 aromatic heterocycles. The monoisotopic (exact) mass is 314 g/mol. The van der Waals surface area contributed by atoms with E-state index in [1.54, 1.807) is 0 Å². The summed E-state index contributed by atoms with van der Waals surface area (Å²) in [5.74, 6) is -1.06. The van der Waals surface area contributed by atoms with Gasteiger partial charge in [-0.25, -0.2) is 4.79 Å².